The number of alkyl halides is 3. The van der Waals surface area contributed by atoms with Crippen LogP contribution in [0, 0.1) is 5.41 Å². The van der Waals surface area contributed by atoms with Gasteiger partial charge in [-0.2, -0.15) is 13.2 Å². The Morgan fingerprint density at radius 1 is 1.24 bits per heavy atom. The van der Waals surface area contributed by atoms with Crippen LogP contribution in [-0.2, 0) is 27.2 Å². The second-order valence-corrected chi connectivity index (χ2v) is 10.0. The minimum absolute atomic E-state index is 0.135. The van der Waals surface area contributed by atoms with E-state index in [1.54, 1.807) is 30.5 Å². The molecule has 1 atom stereocenters. The summed E-state index contributed by atoms with van der Waals surface area (Å²) in [4.78, 5) is 15.9. The first-order chi connectivity index (χ1) is 15.8. The van der Waals surface area contributed by atoms with Gasteiger partial charge >= 0.3 is 12.1 Å². The molecule has 0 fully saturated rings. The van der Waals surface area contributed by atoms with Gasteiger partial charge in [0.25, 0.3) is 0 Å². The van der Waals surface area contributed by atoms with Crippen LogP contribution in [0.3, 0.4) is 0 Å². The lowest BCUT2D eigenvalue weighted by atomic mass is 9.84. The van der Waals surface area contributed by atoms with Crippen LogP contribution in [-0.4, -0.2) is 35.4 Å². The lowest BCUT2D eigenvalue weighted by Gasteiger charge is -2.25. The molecular formula is C25H28BrF3N2O3. The van der Waals surface area contributed by atoms with Gasteiger partial charge in [0.05, 0.1) is 24.1 Å². The number of aromatic nitrogens is 2. The number of fused-ring (bicyclic) bond motifs is 1. The molecule has 0 saturated carbocycles. The molecule has 2 heterocycles. The number of carbonyl (C=O) groups excluding carboxylic acids is 1. The molecule has 0 aliphatic rings. The fourth-order valence-corrected chi connectivity index (χ4v) is 4.47. The van der Waals surface area contributed by atoms with Crippen LogP contribution in [0.25, 0.3) is 22.2 Å². The van der Waals surface area contributed by atoms with Gasteiger partial charge in [0.1, 0.15) is 6.54 Å². The SMILES string of the molecule is COC(C)c1ncccc1-c1c(CC(C)(C)COC(C)=O)c2cc(Br)ccc2n1CC(F)(F)F. The van der Waals surface area contributed by atoms with Crippen molar-refractivity contribution < 1.29 is 27.4 Å². The molecule has 0 radical (unpaired) electrons. The van der Waals surface area contributed by atoms with Crippen molar-refractivity contribution in [1.29, 1.82) is 0 Å². The number of carbonyl (C=O) groups is 1. The van der Waals surface area contributed by atoms with Crippen molar-refractivity contribution in [3.05, 3.63) is 52.3 Å². The van der Waals surface area contributed by atoms with Crippen LogP contribution in [0.2, 0.25) is 0 Å². The summed E-state index contributed by atoms with van der Waals surface area (Å²) in [5, 5.41) is 0.699. The molecule has 0 N–H and O–H groups in total. The number of esters is 1. The van der Waals surface area contributed by atoms with Crippen molar-refractivity contribution in [3.8, 4) is 11.3 Å². The van der Waals surface area contributed by atoms with Crippen molar-refractivity contribution >= 4 is 32.8 Å². The molecule has 1 aromatic carbocycles. The lowest BCUT2D eigenvalue weighted by molar-refractivity contribution is -0.144. The van der Waals surface area contributed by atoms with Crippen LogP contribution in [0.5, 0.6) is 0 Å². The molecule has 1 unspecified atom stereocenters. The second-order valence-electron chi connectivity index (χ2n) is 9.13. The maximum atomic E-state index is 13.8. The third-order valence-electron chi connectivity index (χ3n) is 5.62. The normalized spacial score (nSPS) is 13.3. The highest BCUT2D eigenvalue weighted by atomic mass is 79.9. The van der Waals surface area contributed by atoms with E-state index in [-0.39, 0.29) is 6.61 Å². The molecule has 3 rings (SSSR count). The zero-order valence-electron chi connectivity index (χ0n) is 19.8. The number of methoxy groups -OCH3 is 1. The number of halogens is 4. The smallest absolute Gasteiger partial charge is 0.406 e. The number of rotatable bonds is 8. The van der Waals surface area contributed by atoms with Crippen LogP contribution in [0.1, 0.15) is 45.1 Å². The summed E-state index contributed by atoms with van der Waals surface area (Å²) in [7, 11) is 1.54. The van der Waals surface area contributed by atoms with Gasteiger partial charge in [-0.1, -0.05) is 29.8 Å². The first-order valence-corrected chi connectivity index (χ1v) is 11.6. The maximum Gasteiger partial charge on any atom is 0.406 e. The van der Waals surface area contributed by atoms with Crippen molar-refractivity contribution in [2.75, 3.05) is 13.7 Å². The van der Waals surface area contributed by atoms with Crippen LogP contribution < -0.4 is 0 Å². The zero-order valence-corrected chi connectivity index (χ0v) is 21.4. The summed E-state index contributed by atoms with van der Waals surface area (Å²) in [5.74, 6) is -0.404. The summed E-state index contributed by atoms with van der Waals surface area (Å²) >= 11 is 3.46. The van der Waals surface area contributed by atoms with E-state index >= 15 is 0 Å². The molecule has 0 aliphatic carbocycles. The Kier molecular flexibility index (Phi) is 7.77. The summed E-state index contributed by atoms with van der Waals surface area (Å²) in [6, 6.07) is 8.73. The standard InChI is InChI=1S/C25H28BrF3N2O3/c1-15(33-5)22-18(7-6-10-30-22)23-20(12-24(3,4)14-34-16(2)32)19-11-17(26)8-9-21(19)31(23)13-25(27,28)29/h6-11,15H,12-14H2,1-5H3. The van der Waals surface area contributed by atoms with Gasteiger partial charge in [-0.15, -0.1) is 0 Å². The third kappa shape index (κ3) is 5.99. The number of ether oxygens (including phenoxy) is 2. The largest absolute Gasteiger partial charge is 0.465 e. The summed E-state index contributed by atoms with van der Waals surface area (Å²) < 4.78 is 54.2. The van der Waals surface area contributed by atoms with E-state index in [4.69, 9.17) is 9.47 Å². The van der Waals surface area contributed by atoms with Gasteiger partial charge < -0.3 is 14.0 Å². The predicted molar refractivity (Wildman–Crippen MR) is 128 cm³/mol. The van der Waals surface area contributed by atoms with Crippen LogP contribution in [0.15, 0.2) is 41.0 Å². The van der Waals surface area contributed by atoms with Gasteiger partial charge in [-0.3, -0.25) is 9.78 Å². The van der Waals surface area contributed by atoms with E-state index in [0.717, 1.165) is 10.0 Å². The van der Waals surface area contributed by atoms with E-state index in [9.17, 15) is 18.0 Å². The average Bonchev–Trinajstić information content (AvgIpc) is 3.02. The molecule has 0 aliphatic heterocycles. The minimum atomic E-state index is -4.44. The molecule has 9 heteroatoms. The fourth-order valence-electron chi connectivity index (χ4n) is 4.11. The number of pyridine rings is 1. The summed E-state index contributed by atoms with van der Waals surface area (Å²) in [5.41, 5.74) is 2.23. The van der Waals surface area contributed by atoms with Crippen molar-refractivity contribution in [2.24, 2.45) is 5.41 Å². The van der Waals surface area contributed by atoms with Gasteiger partial charge in [-0.05, 0) is 49.2 Å². The molecule has 34 heavy (non-hydrogen) atoms. The average molecular weight is 541 g/mol. The Morgan fingerprint density at radius 3 is 2.56 bits per heavy atom. The minimum Gasteiger partial charge on any atom is -0.465 e. The molecule has 184 valence electrons. The highest BCUT2D eigenvalue weighted by Gasteiger charge is 2.34. The highest BCUT2D eigenvalue weighted by molar-refractivity contribution is 9.10. The van der Waals surface area contributed by atoms with Gasteiger partial charge in [-0.25, -0.2) is 0 Å². The number of hydrogen-bond donors (Lipinski definition) is 0. The Morgan fingerprint density at radius 2 is 1.94 bits per heavy atom. The number of benzene rings is 1. The second kappa shape index (κ2) is 10.1. The molecule has 0 bridgehead atoms. The Hall–Kier alpha value is -2.39. The topological polar surface area (TPSA) is 53.4 Å². The zero-order chi connectivity index (χ0) is 25.3. The Labute approximate surface area is 205 Å². The van der Waals surface area contributed by atoms with E-state index in [2.05, 4.69) is 20.9 Å². The van der Waals surface area contributed by atoms with Crippen molar-refractivity contribution in [1.82, 2.24) is 9.55 Å². The first kappa shape index (κ1) is 26.2. The fraction of sp³-hybridized carbons (Fsp3) is 0.440. The lowest BCUT2D eigenvalue weighted by Crippen LogP contribution is -2.24. The molecule has 5 nitrogen and oxygen atoms in total. The van der Waals surface area contributed by atoms with Crippen molar-refractivity contribution in [3.63, 3.8) is 0 Å². The van der Waals surface area contributed by atoms with E-state index in [0.29, 0.717) is 34.3 Å². The van der Waals surface area contributed by atoms with E-state index < -0.39 is 30.2 Å². The first-order valence-electron chi connectivity index (χ1n) is 10.8. The molecule has 0 spiro atoms. The van der Waals surface area contributed by atoms with Gasteiger partial charge in [0, 0.05) is 46.6 Å². The monoisotopic (exact) mass is 540 g/mol. The number of hydrogen-bond acceptors (Lipinski definition) is 4. The quantitative estimate of drug-likeness (QED) is 0.292. The number of nitrogens with zero attached hydrogens (tertiary/aromatic N) is 2. The molecular weight excluding hydrogens is 513 g/mol. The van der Waals surface area contributed by atoms with Crippen molar-refractivity contribution in [2.45, 2.75) is 52.9 Å². The van der Waals surface area contributed by atoms with E-state index in [1.165, 1.54) is 18.6 Å². The Bertz CT molecular complexity index is 1190. The van der Waals surface area contributed by atoms with Crippen LogP contribution >= 0.6 is 15.9 Å². The predicted octanol–water partition coefficient (Wildman–Crippen LogP) is 6.87. The summed E-state index contributed by atoms with van der Waals surface area (Å²) in [6.07, 6.45) is -2.88. The highest BCUT2D eigenvalue weighted by Crippen LogP contribution is 2.42. The molecule has 3 aromatic rings. The third-order valence-corrected chi connectivity index (χ3v) is 6.11. The Balaban J connectivity index is 2.36. The maximum absolute atomic E-state index is 13.8. The van der Waals surface area contributed by atoms with Crippen LogP contribution in [0.4, 0.5) is 13.2 Å². The van der Waals surface area contributed by atoms with E-state index in [1.807, 2.05) is 26.8 Å². The van der Waals surface area contributed by atoms with Gasteiger partial charge in [0.2, 0.25) is 0 Å². The summed E-state index contributed by atoms with van der Waals surface area (Å²) in [6.45, 7) is 5.97. The molecule has 0 amide bonds. The van der Waals surface area contributed by atoms with Gasteiger partial charge in [0.15, 0.2) is 0 Å². The molecule has 2 aromatic heterocycles. The molecule has 0 saturated heterocycles.